The molecule has 0 N–H and O–H groups in total. The van der Waals surface area contributed by atoms with E-state index in [1.807, 2.05) is 43.7 Å². The van der Waals surface area contributed by atoms with Crippen molar-refractivity contribution in [2.75, 3.05) is 6.61 Å². The zero-order valence-corrected chi connectivity index (χ0v) is 7.29. The van der Waals surface area contributed by atoms with E-state index in [0.29, 0.717) is 6.61 Å². The van der Waals surface area contributed by atoms with Gasteiger partial charge in [-0.2, -0.15) is 0 Å². The summed E-state index contributed by atoms with van der Waals surface area (Å²) >= 11 is 0. The molecule has 1 aromatic heterocycles. The third kappa shape index (κ3) is 1.70. The van der Waals surface area contributed by atoms with Crippen molar-refractivity contribution in [1.29, 1.82) is 0 Å². The van der Waals surface area contributed by atoms with Crippen LogP contribution in [0.1, 0.15) is 18.3 Å². The SMILES string of the molecule is CCO[n+]1c(C)cccc1C. The lowest BCUT2D eigenvalue weighted by Gasteiger charge is -1.99. The molecule has 2 heteroatoms. The Morgan fingerprint density at radius 1 is 1.27 bits per heavy atom. The van der Waals surface area contributed by atoms with Crippen LogP contribution in [-0.2, 0) is 0 Å². The van der Waals surface area contributed by atoms with Crippen LogP contribution in [0.4, 0.5) is 0 Å². The minimum atomic E-state index is 0.705. The Balaban J connectivity index is 3.00. The Morgan fingerprint density at radius 3 is 2.27 bits per heavy atom. The standard InChI is InChI=1S/C9H14NO/c1-4-11-10-8(2)6-5-7-9(10)3/h5-7H,4H2,1-3H3/q+1. The van der Waals surface area contributed by atoms with Gasteiger partial charge in [-0.25, -0.2) is 0 Å². The van der Waals surface area contributed by atoms with Gasteiger partial charge in [0.25, 0.3) is 0 Å². The van der Waals surface area contributed by atoms with Gasteiger partial charge in [0.2, 0.25) is 11.4 Å². The molecule has 0 radical (unpaired) electrons. The van der Waals surface area contributed by atoms with Gasteiger partial charge < -0.3 is 0 Å². The first-order chi connectivity index (χ1) is 5.25. The van der Waals surface area contributed by atoms with E-state index in [9.17, 15) is 0 Å². The maximum absolute atomic E-state index is 5.38. The minimum absolute atomic E-state index is 0.705. The Kier molecular flexibility index (Phi) is 2.47. The third-order valence-corrected chi connectivity index (χ3v) is 1.57. The molecule has 11 heavy (non-hydrogen) atoms. The predicted octanol–water partition coefficient (Wildman–Crippen LogP) is 1.04. The molecule has 0 aliphatic carbocycles. The number of aryl methyl sites for hydroxylation is 2. The fraction of sp³-hybridized carbons (Fsp3) is 0.444. The normalized spacial score (nSPS) is 9.73. The van der Waals surface area contributed by atoms with E-state index in [4.69, 9.17) is 4.84 Å². The second kappa shape index (κ2) is 3.37. The highest BCUT2D eigenvalue weighted by Gasteiger charge is 2.09. The molecule has 0 aromatic carbocycles. The highest BCUT2D eigenvalue weighted by molar-refractivity contribution is 5.00. The fourth-order valence-electron chi connectivity index (χ4n) is 1.07. The van der Waals surface area contributed by atoms with Crippen molar-refractivity contribution >= 4 is 0 Å². The molecule has 60 valence electrons. The van der Waals surface area contributed by atoms with Crippen LogP contribution in [-0.4, -0.2) is 6.61 Å². The highest BCUT2D eigenvalue weighted by Crippen LogP contribution is 1.91. The summed E-state index contributed by atoms with van der Waals surface area (Å²) in [5.41, 5.74) is 2.26. The van der Waals surface area contributed by atoms with Gasteiger partial charge in [-0.15, -0.1) is 0 Å². The molecule has 0 aliphatic heterocycles. The number of rotatable bonds is 2. The minimum Gasteiger partial charge on any atom is -0.271 e. The molecule has 1 rings (SSSR count). The van der Waals surface area contributed by atoms with E-state index >= 15 is 0 Å². The molecule has 0 amide bonds. The molecular formula is C9H14NO+. The first-order valence-electron chi connectivity index (χ1n) is 3.87. The van der Waals surface area contributed by atoms with Crippen LogP contribution in [0.25, 0.3) is 0 Å². The van der Waals surface area contributed by atoms with Crippen LogP contribution in [0.15, 0.2) is 18.2 Å². The highest BCUT2D eigenvalue weighted by atomic mass is 16.7. The molecule has 1 heterocycles. The van der Waals surface area contributed by atoms with Crippen molar-refractivity contribution < 1.29 is 9.57 Å². The van der Waals surface area contributed by atoms with E-state index in [2.05, 4.69) is 0 Å². The summed E-state index contributed by atoms with van der Waals surface area (Å²) in [5, 5.41) is 0. The van der Waals surface area contributed by atoms with Gasteiger partial charge in [-0.3, -0.25) is 4.84 Å². The maximum Gasteiger partial charge on any atom is 0.231 e. The number of hydrogen-bond donors (Lipinski definition) is 0. The van der Waals surface area contributed by atoms with Crippen molar-refractivity contribution in [2.45, 2.75) is 20.8 Å². The Labute approximate surface area is 67.4 Å². The summed E-state index contributed by atoms with van der Waals surface area (Å²) in [4.78, 5) is 5.38. The molecule has 0 unspecified atom stereocenters. The quantitative estimate of drug-likeness (QED) is 0.577. The fourth-order valence-corrected chi connectivity index (χ4v) is 1.07. The number of nitrogens with zero attached hydrogens (tertiary/aromatic N) is 1. The van der Waals surface area contributed by atoms with E-state index in [1.54, 1.807) is 0 Å². The van der Waals surface area contributed by atoms with E-state index < -0.39 is 0 Å². The molecule has 1 aromatic rings. The predicted molar refractivity (Wildman–Crippen MR) is 43.2 cm³/mol. The molecule has 0 fully saturated rings. The molecule has 0 aliphatic rings. The van der Waals surface area contributed by atoms with Gasteiger partial charge in [0.05, 0.1) is 0 Å². The topological polar surface area (TPSA) is 13.1 Å². The summed E-state index contributed by atoms with van der Waals surface area (Å²) in [6.45, 7) is 6.75. The lowest BCUT2D eigenvalue weighted by Crippen LogP contribution is -2.47. The summed E-state index contributed by atoms with van der Waals surface area (Å²) in [5.74, 6) is 0. The third-order valence-electron chi connectivity index (χ3n) is 1.57. The van der Waals surface area contributed by atoms with Crippen molar-refractivity contribution in [1.82, 2.24) is 0 Å². The maximum atomic E-state index is 5.38. The summed E-state index contributed by atoms with van der Waals surface area (Å²) in [6, 6.07) is 6.09. The van der Waals surface area contributed by atoms with E-state index in [1.165, 1.54) is 0 Å². The number of aromatic nitrogens is 1. The van der Waals surface area contributed by atoms with E-state index in [-0.39, 0.29) is 0 Å². The second-order valence-electron chi connectivity index (χ2n) is 2.52. The Morgan fingerprint density at radius 2 is 1.82 bits per heavy atom. The van der Waals surface area contributed by atoms with Gasteiger partial charge in [0.15, 0.2) is 6.61 Å². The van der Waals surface area contributed by atoms with Gasteiger partial charge in [-0.05, 0) is 13.0 Å². The van der Waals surface area contributed by atoms with Gasteiger partial charge in [0, 0.05) is 30.7 Å². The lowest BCUT2D eigenvalue weighted by atomic mass is 10.3. The summed E-state index contributed by atoms with van der Waals surface area (Å²) in [7, 11) is 0. The average molecular weight is 152 g/mol. The van der Waals surface area contributed by atoms with Crippen LogP contribution in [0.5, 0.6) is 0 Å². The van der Waals surface area contributed by atoms with Gasteiger partial charge in [-0.1, -0.05) is 0 Å². The monoisotopic (exact) mass is 152 g/mol. The zero-order valence-electron chi connectivity index (χ0n) is 7.29. The molecule has 0 saturated heterocycles. The van der Waals surface area contributed by atoms with Gasteiger partial charge in [0.1, 0.15) is 0 Å². The molecule has 0 spiro atoms. The van der Waals surface area contributed by atoms with Crippen LogP contribution >= 0.6 is 0 Å². The molecule has 2 nitrogen and oxygen atoms in total. The van der Waals surface area contributed by atoms with Crippen molar-refractivity contribution in [2.24, 2.45) is 0 Å². The summed E-state index contributed by atoms with van der Waals surface area (Å²) in [6.07, 6.45) is 0. The number of hydrogen-bond acceptors (Lipinski definition) is 1. The first-order valence-corrected chi connectivity index (χ1v) is 3.87. The van der Waals surface area contributed by atoms with Gasteiger partial charge >= 0.3 is 0 Å². The molecular weight excluding hydrogens is 138 g/mol. The van der Waals surface area contributed by atoms with Crippen molar-refractivity contribution in [3.8, 4) is 0 Å². The largest absolute Gasteiger partial charge is 0.271 e. The lowest BCUT2D eigenvalue weighted by molar-refractivity contribution is -0.898. The summed E-state index contributed by atoms with van der Waals surface area (Å²) < 4.78 is 1.85. The molecule has 0 saturated carbocycles. The Bertz CT molecular complexity index is 225. The smallest absolute Gasteiger partial charge is 0.231 e. The second-order valence-corrected chi connectivity index (χ2v) is 2.52. The van der Waals surface area contributed by atoms with Crippen LogP contribution in [0, 0.1) is 13.8 Å². The molecule has 0 atom stereocenters. The van der Waals surface area contributed by atoms with E-state index in [0.717, 1.165) is 11.4 Å². The Hall–Kier alpha value is -1.05. The zero-order chi connectivity index (χ0) is 8.27. The molecule has 0 bridgehead atoms. The van der Waals surface area contributed by atoms with Crippen LogP contribution in [0.2, 0.25) is 0 Å². The first kappa shape index (κ1) is 8.05. The van der Waals surface area contributed by atoms with Crippen molar-refractivity contribution in [3.63, 3.8) is 0 Å². The van der Waals surface area contributed by atoms with Crippen LogP contribution < -0.4 is 9.57 Å². The number of pyridine rings is 1. The average Bonchev–Trinajstić information content (AvgIpc) is 1.97. The van der Waals surface area contributed by atoms with Crippen molar-refractivity contribution in [3.05, 3.63) is 29.6 Å². The van der Waals surface area contributed by atoms with Crippen LogP contribution in [0.3, 0.4) is 0 Å².